The molecule has 0 atom stereocenters. The third kappa shape index (κ3) is 5.82. The molecule has 2 rings (SSSR count). The Labute approximate surface area is 166 Å². The van der Waals surface area contributed by atoms with Crippen molar-refractivity contribution in [3.63, 3.8) is 0 Å². The highest BCUT2D eigenvalue weighted by atomic mass is 79.9. The molecule has 1 N–H and O–H groups in total. The Hall–Kier alpha value is -1.90. The number of carbonyl (C=O) groups excluding carboxylic acids is 1. The summed E-state index contributed by atoms with van der Waals surface area (Å²) in [7, 11) is -3.67. The molecule has 0 saturated carbocycles. The lowest BCUT2D eigenvalue weighted by molar-refractivity contribution is -0.119. The molecule has 0 bridgehead atoms. The maximum Gasteiger partial charge on any atom is 0.260 e. The van der Waals surface area contributed by atoms with Gasteiger partial charge in [-0.05, 0) is 42.8 Å². The fourth-order valence-corrected chi connectivity index (χ4v) is 3.40. The Morgan fingerprint density at radius 3 is 2.46 bits per heavy atom. The van der Waals surface area contributed by atoms with Crippen LogP contribution in [0.15, 0.2) is 58.1 Å². The average molecular weight is 459 g/mol. The second-order valence-electron chi connectivity index (χ2n) is 5.49. The fourth-order valence-electron chi connectivity index (χ4n) is 2.10. The van der Waals surface area contributed by atoms with Crippen LogP contribution in [0.25, 0.3) is 0 Å². The Morgan fingerprint density at radius 1 is 1.23 bits per heavy atom. The lowest BCUT2D eigenvalue weighted by atomic mass is 10.1. The highest BCUT2D eigenvalue weighted by Crippen LogP contribution is 2.21. The van der Waals surface area contributed by atoms with Crippen LogP contribution in [0.5, 0.6) is 0 Å². The largest absolute Gasteiger partial charge is 0.271 e. The van der Waals surface area contributed by atoms with E-state index in [0.717, 1.165) is 20.6 Å². The summed E-state index contributed by atoms with van der Waals surface area (Å²) in [5.74, 6) is -0.563. The lowest BCUT2D eigenvalue weighted by Gasteiger charge is -2.21. The van der Waals surface area contributed by atoms with Gasteiger partial charge in [-0.3, -0.25) is 9.10 Å². The number of hydrogen-bond donors (Lipinski definition) is 1. The van der Waals surface area contributed by atoms with Crippen LogP contribution < -0.4 is 9.73 Å². The molecule has 0 aromatic heterocycles. The summed E-state index contributed by atoms with van der Waals surface area (Å²) in [5, 5.41) is 4.40. The van der Waals surface area contributed by atoms with Gasteiger partial charge in [-0.15, -0.1) is 0 Å². The first-order valence-corrected chi connectivity index (χ1v) is 10.5. The molecule has 138 valence electrons. The van der Waals surface area contributed by atoms with Crippen molar-refractivity contribution in [3.05, 3.63) is 63.6 Å². The van der Waals surface area contributed by atoms with E-state index in [2.05, 4.69) is 26.5 Å². The zero-order valence-electron chi connectivity index (χ0n) is 14.1. The van der Waals surface area contributed by atoms with Gasteiger partial charge in [-0.25, -0.2) is 13.8 Å². The van der Waals surface area contributed by atoms with E-state index >= 15 is 0 Å². The third-order valence-electron chi connectivity index (χ3n) is 3.39. The number of nitrogens with one attached hydrogen (secondary N) is 1. The monoisotopic (exact) mass is 457 g/mol. The van der Waals surface area contributed by atoms with Gasteiger partial charge in [0.2, 0.25) is 10.0 Å². The van der Waals surface area contributed by atoms with Crippen LogP contribution in [-0.2, 0) is 14.8 Å². The highest BCUT2D eigenvalue weighted by molar-refractivity contribution is 9.10. The van der Waals surface area contributed by atoms with Gasteiger partial charge in [-0.1, -0.05) is 45.7 Å². The van der Waals surface area contributed by atoms with E-state index in [-0.39, 0.29) is 0 Å². The lowest BCUT2D eigenvalue weighted by Crippen LogP contribution is -2.39. The van der Waals surface area contributed by atoms with E-state index < -0.39 is 22.5 Å². The minimum atomic E-state index is -3.67. The van der Waals surface area contributed by atoms with Crippen LogP contribution in [0.4, 0.5) is 5.69 Å². The molecule has 6 nitrogen and oxygen atoms in total. The van der Waals surface area contributed by atoms with Gasteiger partial charge < -0.3 is 0 Å². The molecule has 9 heteroatoms. The summed E-state index contributed by atoms with van der Waals surface area (Å²) < 4.78 is 26.0. The number of anilines is 1. The van der Waals surface area contributed by atoms with Crippen molar-refractivity contribution in [2.75, 3.05) is 17.1 Å². The van der Waals surface area contributed by atoms with Gasteiger partial charge in [0.05, 0.1) is 17.7 Å². The predicted octanol–water partition coefficient (Wildman–Crippen LogP) is 3.41. The first-order valence-electron chi connectivity index (χ1n) is 7.49. The molecule has 0 saturated heterocycles. The number of amides is 1. The minimum Gasteiger partial charge on any atom is -0.271 e. The summed E-state index contributed by atoms with van der Waals surface area (Å²) >= 11 is 9.26. The standard InChI is InChI=1S/C17H17BrClN3O3S/c1-12(13-6-8-14(18)9-7-13)20-21-17(23)11-22(26(2,24)25)16-5-3-4-15(19)10-16/h3-10H,11H2,1-2H3,(H,21,23)/b20-12-. The minimum absolute atomic E-state index is 0.309. The van der Waals surface area contributed by atoms with Crippen molar-refractivity contribution in [1.82, 2.24) is 5.43 Å². The van der Waals surface area contributed by atoms with E-state index in [0.29, 0.717) is 16.4 Å². The topological polar surface area (TPSA) is 78.8 Å². The molecular weight excluding hydrogens is 442 g/mol. The Bertz CT molecular complexity index is 931. The molecule has 0 spiro atoms. The molecule has 1 amide bonds. The first kappa shape index (κ1) is 20.4. The van der Waals surface area contributed by atoms with Crippen LogP contribution in [-0.4, -0.2) is 32.8 Å². The number of rotatable bonds is 6. The van der Waals surface area contributed by atoms with Crippen LogP contribution >= 0.6 is 27.5 Å². The molecular formula is C17H17BrClN3O3S. The van der Waals surface area contributed by atoms with E-state index in [4.69, 9.17) is 11.6 Å². The molecule has 2 aromatic rings. The first-order chi connectivity index (χ1) is 12.2. The predicted molar refractivity (Wildman–Crippen MR) is 108 cm³/mol. The Morgan fingerprint density at radius 2 is 1.88 bits per heavy atom. The van der Waals surface area contributed by atoms with E-state index in [1.807, 2.05) is 24.3 Å². The molecule has 2 aromatic carbocycles. The molecule has 0 aliphatic rings. The van der Waals surface area contributed by atoms with Gasteiger partial charge in [0.25, 0.3) is 5.91 Å². The Kier molecular flexibility index (Phi) is 6.80. The van der Waals surface area contributed by atoms with Gasteiger partial charge in [0.1, 0.15) is 6.54 Å². The van der Waals surface area contributed by atoms with Crippen molar-refractivity contribution >= 4 is 54.9 Å². The van der Waals surface area contributed by atoms with Gasteiger partial charge >= 0.3 is 0 Å². The summed E-state index contributed by atoms with van der Waals surface area (Å²) in [6.07, 6.45) is 1.03. The molecule has 26 heavy (non-hydrogen) atoms. The maximum absolute atomic E-state index is 12.2. The van der Waals surface area contributed by atoms with Gasteiger partial charge in [-0.2, -0.15) is 5.10 Å². The van der Waals surface area contributed by atoms with Crippen molar-refractivity contribution in [3.8, 4) is 0 Å². The highest BCUT2D eigenvalue weighted by Gasteiger charge is 2.21. The summed E-state index contributed by atoms with van der Waals surface area (Å²) in [6.45, 7) is 1.34. The smallest absolute Gasteiger partial charge is 0.260 e. The second kappa shape index (κ2) is 8.66. The summed E-state index contributed by atoms with van der Waals surface area (Å²) in [4.78, 5) is 12.2. The number of halogens is 2. The molecule has 0 radical (unpaired) electrons. The number of nitrogens with zero attached hydrogens (tertiary/aromatic N) is 2. The zero-order valence-corrected chi connectivity index (χ0v) is 17.3. The van der Waals surface area contributed by atoms with Crippen LogP contribution in [0, 0.1) is 0 Å². The molecule has 0 aliphatic heterocycles. The molecule has 0 unspecified atom stereocenters. The van der Waals surface area contributed by atoms with Crippen molar-refractivity contribution in [2.45, 2.75) is 6.92 Å². The number of hydrogen-bond acceptors (Lipinski definition) is 4. The zero-order chi connectivity index (χ0) is 19.3. The number of hydrazone groups is 1. The summed E-state index contributed by atoms with van der Waals surface area (Å²) in [5.41, 5.74) is 4.12. The van der Waals surface area contributed by atoms with E-state index in [1.165, 1.54) is 6.07 Å². The van der Waals surface area contributed by atoms with E-state index in [9.17, 15) is 13.2 Å². The average Bonchev–Trinajstić information content (AvgIpc) is 2.57. The van der Waals surface area contributed by atoms with Crippen LogP contribution in [0.3, 0.4) is 0 Å². The fraction of sp³-hybridized carbons (Fsp3) is 0.176. The SMILES string of the molecule is C/C(=N/NC(=O)CN(c1cccc(Cl)c1)S(C)(=O)=O)c1ccc(Br)cc1. The van der Waals surface area contributed by atoms with Crippen molar-refractivity contribution in [1.29, 1.82) is 0 Å². The molecule has 0 fully saturated rings. The number of sulfonamides is 1. The quantitative estimate of drug-likeness (QED) is 0.532. The number of carbonyl (C=O) groups is 1. The van der Waals surface area contributed by atoms with Gasteiger partial charge in [0.15, 0.2) is 0 Å². The van der Waals surface area contributed by atoms with Crippen LogP contribution in [0.2, 0.25) is 5.02 Å². The van der Waals surface area contributed by atoms with E-state index in [1.54, 1.807) is 25.1 Å². The molecule has 0 aliphatic carbocycles. The maximum atomic E-state index is 12.2. The van der Waals surface area contributed by atoms with Crippen molar-refractivity contribution < 1.29 is 13.2 Å². The van der Waals surface area contributed by atoms with Crippen LogP contribution in [0.1, 0.15) is 12.5 Å². The second-order valence-corrected chi connectivity index (χ2v) is 8.75. The Balaban J connectivity index is 2.12. The molecule has 0 heterocycles. The van der Waals surface area contributed by atoms with Gasteiger partial charge in [0, 0.05) is 9.50 Å². The normalized spacial score (nSPS) is 11.9. The van der Waals surface area contributed by atoms with Crippen molar-refractivity contribution in [2.24, 2.45) is 5.10 Å². The third-order valence-corrected chi connectivity index (χ3v) is 5.30. The summed E-state index contributed by atoms with van der Waals surface area (Å²) in [6, 6.07) is 13.7. The number of benzene rings is 2.